The Kier molecular flexibility index (Phi) is 5.57. The molecule has 0 aromatic heterocycles. The van der Waals surface area contributed by atoms with Crippen LogP contribution in [0.3, 0.4) is 0 Å². The lowest BCUT2D eigenvalue weighted by Gasteiger charge is -2.25. The van der Waals surface area contributed by atoms with Crippen molar-refractivity contribution in [3.8, 4) is 0 Å². The Morgan fingerprint density at radius 2 is 2.23 bits per heavy atom. The van der Waals surface area contributed by atoms with Gasteiger partial charge < -0.3 is 15.7 Å². The van der Waals surface area contributed by atoms with E-state index in [1.807, 2.05) is 0 Å². The van der Waals surface area contributed by atoms with Crippen LogP contribution in [0, 0.1) is 16.0 Å². The van der Waals surface area contributed by atoms with E-state index in [-0.39, 0.29) is 22.7 Å². The maximum atomic E-state index is 11.8. The zero-order chi connectivity index (χ0) is 16.1. The highest BCUT2D eigenvalue weighted by atomic mass is 35.5. The monoisotopic (exact) mass is 327 g/mol. The number of urea groups is 1. The van der Waals surface area contributed by atoms with Crippen LogP contribution in [-0.2, 0) is 0 Å². The number of aliphatic hydroxyl groups is 1. The first-order valence-corrected chi connectivity index (χ1v) is 7.50. The molecule has 1 aliphatic carbocycles. The molecule has 120 valence electrons. The number of nitrogens with zero attached hydrogens (tertiary/aromatic N) is 1. The summed E-state index contributed by atoms with van der Waals surface area (Å²) in [7, 11) is 0. The van der Waals surface area contributed by atoms with Crippen molar-refractivity contribution >= 4 is 29.0 Å². The van der Waals surface area contributed by atoms with E-state index in [4.69, 9.17) is 11.6 Å². The maximum absolute atomic E-state index is 11.8. The van der Waals surface area contributed by atoms with Crippen molar-refractivity contribution in [2.75, 3.05) is 11.9 Å². The van der Waals surface area contributed by atoms with Gasteiger partial charge in [0, 0.05) is 18.3 Å². The minimum atomic E-state index is -0.602. The van der Waals surface area contributed by atoms with Gasteiger partial charge in [0.25, 0.3) is 5.69 Å². The fraction of sp³-hybridized carbons (Fsp3) is 0.500. The number of hydrogen-bond donors (Lipinski definition) is 3. The lowest BCUT2D eigenvalue weighted by molar-refractivity contribution is -0.384. The predicted octanol–water partition coefficient (Wildman–Crippen LogP) is 2.92. The molecule has 0 heterocycles. The van der Waals surface area contributed by atoms with E-state index in [1.54, 1.807) is 0 Å². The van der Waals surface area contributed by atoms with E-state index in [0.29, 0.717) is 18.7 Å². The van der Waals surface area contributed by atoms with E-state index in [9.17, 15) is 20.0 Å². The first-order chi connectivity index (χ1) is 10.5. The van der Waals surface area contributed by atoms with Crippen LogP contribution in [0.4, 0.5) is 16.2 Å². The van der Waals surface area contributed by atoms with Crippen molar-refractivity contribution in [1.29, 1.82) is 0 Å². The minimum Gasteiger partial charge on any atom is -0.393 e. The first kappa shape index (κ1) is 16.5. The van der Waals surface area contributed by atoms with Crippen LogP contribution in [0.5, 0.6) is 0 Å². The highest BCUT2D eigenvalue weighted by Gasteiger charge is 2.20. The van der Waals surface area contributed by atoms with E-state index < -0.39 is 11.0 Å². The molecule has 1 aliphatic rings. The third-order valence-corrected chi connectivity index (χ3v) is 4.03. The molecular weight excluding hydrogens is 310 g/mol. The smallest absolute Gasteiger partial charge is 0.319 e. The minimum absolute atomic E-state index is 0.0205. The Morgan fingerprint density at radius 3 is 2.91 bits per heavy atom. The Morgan fingerprint density at radius 1 is 1.45 bits per heavy atom. The van der Waals surface area contributed by atoms with Gasteiger partial charge in [0.1, 0.15) is 5.02 Å². The largest absolute Gasteiger partial charge is 0.393 e. The summed E-state index contributed by atoms with van der Waals surface area (Å²) in [5.74, 6) is 0.258. The normalized spacial score (nSPS) is 21.2. The van der Waals surface area contributed by atoms with Gasteiger partial charge in [-0.1, -0.05) is 18.0 Å². The molecule has 2 rings (SSSR count). The number of hydrogen-bond acceptors (Lipinski definition) is 4. The van der Waals surface area contributed by atoms with Crippen LogP contribution in [0.25, 0.3) is 0 Å². The molecule has 7 nitrogen and oxygen atoms in total. The molecule has 22 heavy (non-hydrogen) atoms. The summed E-state index contributed by atoms with van der Waals surface area (Å²) < 4.78 is 0. The van der Waals surface area contributed by atoms with Crippen LogP contribution in [-0.4, -0.2) is 28.7 Å². The number of carbonyl (C=O) groups is 1. The molecule has 0 bridgehead atoms. The molecule has 2 atom stereocenters. The van der Waals surface area contributed by atoms with Crippen molar-refractivity contribution in [1.82, 2.24) is 5.32 Å². The predicted molar refractivity (Wildman–Crippen MR) is 83.1 cm³/mol. The lowest BCUT2D eigenvalue weighted by Crippen LogP contribution is -2.35. The third-order valence-electron chi connectivity index (χ3n) is 3.71. The number of aliphatic hydroxyl groups excluding tert-OH is 1. The van der Waals surface area contributed by atoms with Gasteiger partial charge in [0.15, 0.2) is 0 Å². The summed E-state index contributed by atoms with van der Waals surface area (Å²) in [5, 5.41) is 25.7. The molecule has 1 aromatic carbocycles. The van der Waals surface area contributed by atoms with Crippen LogP contribution in [0.1, 0.15) is 25.7 Å². The molecule has 0 spiro atoms. The zero-order valence-electron chi connectivity index (χ0n) is 11.9. The van der Waals surface area contributed by atoms with Crippen molar-refractivity contribution in [2.45, 2.75) is 31.8 Å². The number of nitro groups is 1. The van der Waals surface area contributed by atoms with E-state index in [0.717, 1.165) is 19.3 Å². The van der Waals surface area contributed by atoms with Gasteiger partial charge in [0.05, 0.1) is 11.0 Å². The standard InChI is InChI=1S/C14H18ClN3O4/c15-12-5-4-10(7-13(12)18(21)22)17-14(20)16-8-9-2-1-3-11(19)6-9/h4-5,7,9,11,19H,1-3,6,8H2,(H2,16,17,20). The number of nitrogens with one attached hydrogen (secondary N) is 2. The molecular formula is C14H18ClN3O4. The fourth-order valence-corrected chi connectivity index (χ4v) is 2.78. The zero-order valence-corrected chi connectivity index (χ0v) is 12.7. The summed E-state index contributed by atoms with van der Waals surface area (Å²) in [6.45, 7) is 0.471. The number of anilines is 1. The second kappa shape index (κ2) is 7.42. The number of nitro benzene ring substituents is 1. The number of halogens is 1. The molecule has 0 saturated heterocycles. The second-order valence-electron chi connectivity index (χ2n) is 5.44. The van der Waals surface area contributed by atoms with E-state index in [2.05, 4.69) is 10.6 Å². The molecule has 1 aromatic rings. The van der Waals surface area contributed by atoms with Gasteiger partial charge in [0.2, 0.25) is 0 Å². The summed E-state index contributed by atoms with van der Waals surface area (Å²) in [4.78, 5) is 22.0. The molecule has 2 unspecified atom stereocenters. The first-order valence-electron chi connectivity index (χ1n) is 7.12. The Hall–Kier alpha value is -1.86. The summed E-state index contributed by atoms with van der Waals surface area (Å²) >= 11 is 5.71. The lowest BCUT2D eigenvalue weighted by atomic mass is 9.87. The van der Waals surface area contributed by atoms with Gasteiger partial charge in [-0.2, -0.15) is 0 Å². The number of carbonyl (C=O) groups excluding carboxylic acids is 1. The van der Waals surface area contributed by atoms with Crippen LogP contribution >= 0.6 is 11.6 Å². The van der Waals surface area contributed by atoms with Crippen molar-refractivity contribution in [2.24, 2.45) is 5.92 Å². The van der Waals surface area contributed by atoms with Crippen LogP contribution in [0.2, 0.25) is 5.02 Å². The Bertz CT molecular complexity index is 567. The van der Waals surface area contributed by atoms with Crippen molar-refractivity contribution in [3.63, 3.8) is 0 Å². The summed E-state index contributed by atoms with van der Waals surface area (Å²) in [5.41, 5.74) is 0.0483. The van der Waals surface area contributed by atoms with E-state index >= 15 is 0 Å². The number of benzene rings is 1. The third kappa shape index (κ3) is 4.57. The average Bonchev–Trinajstić information content (AvgIpc) is 2.47. The SMILES string of the molecule is O=C(NCC1CCCC(O)C1)Nc1ccc(Cl)c([N+](=O)[O-])c1. The van der Waals surface area contributed by atoms with Crippen molar-refractivity contribution < 1.29 is 14.8 Å². The second-order valence-corrected chi connectivity index (χ2v) is 5.85. The van der Waals surface area contributed by atoms with Crippen LogP contribution < -0.4 is 10.6 Å². The molecule has 1 saturated carbocycles. The van der Waals surface area contributed by atoms with Gasteiger partial charge in [-0.05, 0) is 37.3 Å². The molecule has 0 aliphatic heterocycles. The van der Waals surface area contributed by atoms with Gasteiger partial charge in [-0.25, -0.2) is 4.79 Å². The molecule has 1 fully saturated rings. The fourth-order valence-electron chi connectivity index (χ4n) is 2.59. The molecule has 3 N–H and O–H groups in total. The highest BCUT2D eigenvalue weighted by Crippen LogP contribution is 2.27. The summed E-state index contributed by atoms with van der Waals surface area (Å²) in [6.07, 6.45) is 3.15. The van der Waals surface area contributed by atoms with Gasteiger partial charge in [-0.3, -0.25) is 10.1 Å². The highest BCUT2D eigenvalue weighted by molar-refractivity contribution is 6.32. The van der Waals surface area contributed by atoms with E-state index in [1.165, 1.54) is 18.2 Å². The molecule has 8 heteroatoms. The maximum Gasteiger partial charge on any atom is 0.319 e. The van der Waals surface area contributed by atoms with Gasteiger partial charge in [-0.15, -0.1) is 0 Å². The van der Waals surface area contributed by atoms with Gasteiger partial charge >= 0.3 is 6.03 Å². The topological polar surface area (TPSA) is 104 Å². The quantitative estimate of drug-likeness (QED) is 0.584. The molecule has 0 radical (unpaired) electrons. The number of rotatable bonds is 4. The van der Waals surface area contributed by atoms with Crippen molar-refractivity contribution in [3.05, 3.63) is 33.3 Å². The summed E-state index contributed by atoms with van der Waals surface area (Å²) in [6, 6.07) is 3.65. The Balaban J connectivity index is 1.86. The molecule has 2 amide bonds. The average molecular weight is 328 g/mol. The Labute approximate surface area is 132 Å². The van der Waals surface area contributed by atoms with Crippen LogP contribution in [0.15, 0.2) is 18.2 Å². The number of amides is 2.